The number of urea groups is 1. The maximum atomic E-state index is 13.4. The van der Waals surface area contributed by atoms with Gasteiger partial charge in [0.05, 0.1) is 29.3 Å². The highest BCUT2D eigenvalue weighted by Crippen LogP contribution is 2.42. The Hall–Kier alpha value is -2.72. The molecule has 2 amide bonds. The van der Waals surface area contributed by atoms with E-state index in [9.17, 15) is 18.0 Å². The highest BCUT2D eigenvalue weighted by Gasteiger charge is 2.48. The van der Waals surface area contributed by atoms with Crippen LogP contribution in [0.5, 0.6) is 0 Å². The van der Waals surface area contributed by atoms with Crippen LogP contribution in [0.2, 0.25) is 5.02 Å². The van der Waals surface area contributed by atoms with Crippen molar-refractivity contribution in [2.24, 2.45) is 0 Å². The van der Waals surface area contributed by atoms with E-state index >= 15 is 0 Å². The second kappa shape index (κ2) is 7.27. The lowest BCUT2D eigenvalue weighted by molar-refractivity contribution is -0.137. The molecule has 0 spiro atoms. The molecule has 2 fully saturated rings. The van der Waals surface area contributed by atoms with Gasteiger partial charge in [0.15, 0.2) is 0 Å². The monoisotopic (exact) mass is 419 g/mol. The van der Waals surface area contributed by atoms with Crippen LogP contribution in [0.15, 0.2) is 42.5 Å². The van der Waals surface area contributed by atoms with E-state index in [1.54, 1.807) is 35.2 Å². The third kappa shape index (κ3) is 3.42. The summed E-state index contributed by atoms with van der Waals surface area (Å²) in [5.74, 6) is 0. The summed E-state index contributed by atoms with van der Waals surface area (Å²) < 4.78 is 40.3. The second-order valence-corrected chi connectivity index (χ2v) is 7.69. The summed E-state index contributed by atoms with van der Waals surface area (Å²) in [5.41, 5.74) is -0.650. The number of hydrogen-bond acceptors (Lipinski definition) is 2. The summed E-state index contributed by atoms with van der Waals surface area (Å²) in [4.78, 5) is 16.5. The zero-order valence-electron chi connectivity index (χ0n) is 15.3. The van der Waals surface area contributed by atoms with Crippen LogP contribution in [0, 0.1) is 11.3 Å². The van der Waals surface area contributed by atoms with Crippen LogP contribution in [-0.2, 0) is 6.18 Å². The molecule has 1 heterocycles. The maximum absolute atomic E-state index is 13.4. The minimum Gasteiger partial charge on any atom is -0.289 e. The predicted octanol–water partition coefficient (Wildman–Crippen LogP) is 5.99. The molecule has 0 aromatic heterocycles. The molecule has 4 rings (SSSR count). The number of carbonyl (C=O) groups is 1. The lowest BCUT2D eigenvalue weighted by Gasteiger charge is -2.32. The molecule has 8 heteroatoms. The largest absolute Gasteiger partial charge is 0.417 e. The van der Waals surface area contributed by atoms with Crippen LogP contribution < -0.4 is 9.80 Å². The fourth-order valence-corrected chi connectivity index (χ4v) is 4.44. The summed E-state index contributed by atoms with van der Waals surface area (Å²) in [6.07, 6.45) is -1.33. The third-order valence-electron chi connectivity index (χ3n) is 5.58. The zero-order chi connectivity index (χ0) is 20.8. The van der Waals surface area contributed by atoms with Crippen LogP contribution in [0.3, 0.4) is 0 Å². The van der Waals surface area contributed by atoms with Gasteiger partial charge in [0, 0.05) is 16.4 Å². The molecule has 1 aliphatic heterocycles. The van der Waals surface area contributed by atoms with Gasteiger partial charge in [-0.25, -0.2) is 4.79 Å². The molecule has 0 N–H and O–H groups in total. The summed E-state index contributed by atoms with van der Waals surface area (Å²) in [6.45, 7) is 0. The van der Waals surface area contributed by atoms with E-state index in [1.807, 2.05) is 0 Å². The molecule has 2 aliphatic rings. The Morgan fingerprint density at radius 1 is 0.966 bits per heavy atom. The lowest BCUT2D eigenvalue weighted by atomic mass is 9.89. The quantitative estimate of drug-likeness (QED) is 0.600. The molecule has 29 heavy (non-hydrogen) atoms. The van der Waals surface area contributed by atoms with Crippen molar-refractivity contribution in [3.05, 3.63) is 58.6 Å². The summed E-state index contributed by atoms with van der Waals surface area (Å²) in [6, 6.07) is 11.2. The Morgan fingerprint density at radius 2 is 1.52 bits per heavy atom. The van der Waals surface area contributed by atoms with Crippen LogP contribution in [0.4, 0.5) is 29.3 Å². The molecule has 150 valence electrons. The van der Waals surface area contributed by atoms with Gasteiger partial charge in [0.1, 0.15) is 0 Å². The lowest BCUT2D eigenvalue weighted by Crippen LogP contribution is -2.40. The average molecular weight is 420 g/mol. The number of halogens is 4. The summed E-state index contributed by atoms with van der Waals surface area (Å²) >= 11 is 5.96. The van der Waals surface area contributed by atoms with Gasteiger partial charge in [-0.05, 0) is 55.3 Å². The van der Waals surface area contributed by atoms with Crippen molar-refractivity contribution in [1.29, 1.82) is 5.26 Å². The molecule has 4 nitrogen and oxygen atoms in total. The zero-order valence-corrected chi connectivity index (χ0v) is 16.0. The molecule has 1 saturated heterocycles. The first-order valence-corrected chi connectivity index (χ1v) is 9.68. The Morgan fingerprint density at radius 3 is 2.07 bits per heavy atom. The third-order valence-corrected chi connectivity index (χ3v) is 5.83. The van der Waals surface area contributed by atoms with Gasteiger partial charge in [0.2, 0.25) is 0 Å². The number of amides is 2. The van der Waals surface area contributed by atoms with Crippen LogP contribution in [0.25, 0.3) is 0 Å². The normalized spacial score (nSPS) is 21.8. The van der Waals surface area contributed by atoms with E-state index in [4.69, 9.17) is 16.9 Å². The standard InChI is InChI=1S/C21H17ClF3N3O/c22-14-6-9-15(10-7-14)27-18-3-1-2-4-19(18)28(20(27)29)16-8-5-13(12-26)17(11-16)21(23,24)25/h5-11,18-19H,1-4H2/t18-,19-/m0/s1. The van der Waals surface area contributed by atoms with Crippen LogP contribution >= 0.6 is 11.6 Å². The van der Waals surface area contributed by atoms with E-state index in [0.29, 0.717) is 17.1 Å². The molecule has 2 aromatic carbocycles. The first kappa shape index (κ1) is 19.6. The van der Waals surface area contributed by atoms with E-state index in [2.05, 4.69) is 0 Å². The molecule has 1 saturated carbocycles. The SMILES string of the molecule is N#Cc1ccc(N2C(=O)N(c3ccc(Cl)cc3)[C@H]3CCCC[C@@H]32)cc1C(F)(F)F. The summed E-state index contributed by atoms with van der Waals surface area (Å²) in [7, 11) is 0. The number of nitrogens with zero attached hydrogens (tertiary/aromatic N) is 3. The van der Waals surface area contributed by atoms with Crippen molar-refractivity contribution in [3.8, 4) is 6.07 Å². The number of rotatable bonds is 2. The molecule has 2 atom stereocenters. The maximum Gasteiger partial charge on any atom is 0.417 e. The minimum atomic E-state index is -4.67. The van der Waals surface area contributed by atoms with Gasteiger partial charge in [-0.3, -0.25) is 9.80 Å². The first-order chi connectivity index (χ1) is 13.8. The van der Waals surface area contributed by atoms with E-state index < -0.39 is 17.3 Å². The minimum absolute atomic E-state index is 0.123. The van der Waals surface area contributed by atoms with E-state index in [-0.39, 0.29) is 23.8 Å². The topological polar surface area (TPSA) is 47.3 Å². The first-order valence-electron chi connectivity index (χ1n) is 9.30. The Balaban J connectivity index is 1.79. The number of anilines is 2. The summed E-state index contributed by atoms with van der Waals surface area (Å²) in [5, 5.41) is 9.58. The molecule has 2 aromatic rings. The van der Waals surface area contributed by atoms with Crippen molar-refractivity contribution in [2.75, 3.05) is 9.80 Å². The second-order valence-electron chi connectivity index (χ2n) is 7.26. The Kier molecular flexibility index (Phi) is 4.91. The van der Waals surface area contributed by atoms with E-state index in [0.717, 1.165) is 31.4 Å². The number of alkyl halides is 3. The molecular formula is C21H17ClF3N3O. The van der Waals surface area contributed by atoms with Crippen molar-refractivity contribution < 1.29 is 18.0 Å². The van der Waals surface area contributed by atoms with Gasteiger partial charge in [0.25, 0.3) is 0 Å². The molecular weight excluding hydrogens is 403 g/mol. The smallest absolute Gasteiger partial charge is 0.289 e. The van der Waals surface area contributed by atoms with Gasteiger partial charge >= 0.3 is 12.2 Å². The van der Waals surface area contributed by atoms with Crippen molar-refractivity contribution >= 4 is 29.0 Å². The highest BCUT2D eigenvalue weighted by atomic mass is 35.5. The number of benzene rings is 2. The van der Waals surface area contributed by atoms with Crippen LogP contribution in [-0.4, -0.2) is 18.1 Å². The van der Waals surface area contributed by atoms with Crippen molar-refractivity contribution in [1.82, 2.24) is 0 Å². The number of carbonyl (C=O) groups excluding carboxylic acids is 1. The van der Waals surface area contributed by atoms with Crippen molar-refractivity contribution in [3.63, 3.8) is 0 Å². The number of nitriles is 1. The van der Waals surface area contributed by atoms with Gasteiger partial charge < -0.3 is 0 Å². The van der Waals surface area contributed by atoms with Crippen LogP contribution in [0.1, 0.15) is 36.8 Å². The number of hydrogen-bond donors (Lipinski definition) is 0. The number of fused-ring (bicyclic) bond motifs is 1. The van der Waals surface area contributed by atoms with Gasteiger partial charge in [-0.1, -0.05) is 24.4 Å². The van der Waals surface area contributed by atoms with Gasteiger partial charge in [-0.15, -0.1) is 0 Å². The fourth-order valence-electron chi connectivity index (χ4n) is 4.31. The average Bonchev–Trinajstić information content (AvgIpc) is 2.99. The van der Waals surface area contributed by atoms with Crippen molar-refractivity contribution in [2.45, 2.75) is 43.9 Å². The fraction of sp³-hybridized carbons (Fsp3) is 0.333. The molecule has 0 unspecified atom stereocenters. The molecule has 1 aliphatic carbocycles. The Labute approximate surface area is 171 Å². The molecule has 0 radical (unpaired) electrons. The van der Waals surface area contributed by atoms with E-state index in [1.165, 1.54) is 11.0 Å². The van der Waals surface area contributed by atoms with Gasteiger partial charge in [-0.2, -0.15) is 18.4 Å². The molecule has 0 bridgehead atoms. The highest BCUT2D eigenvalue weighted by molar-refractivity contribution is 6.30. The predicted molar refractivity (Wildman–Crippen MR) is 104 cm³/mol. The Bertz CT molecular complexity index is 984.